The molecule has 0 aliphatic heterocycles. The molecule has 0 atom stereocenters. The molecular formula is C11H7ClF3N3O2. The first-order chi connectivity index (χ1) is 9.21. The van der Waals surface area contributed by atoms with E-state index >= 15 is 0 Å². The van der Waals surface area contributed by atoms with E-state index < -0.39 is 17.7 Å². The van der Waals surface area contributed by atoms with Crippen molar-refractivity contribution in [2.24, 2.45) is 0 Å². The van der Waals surface area contributed by atoms with Gasteiger partial charge in [-0.15, -0.1) is 5.10 Å². The summed E-state index contributed by atoms with van der Waals surface area (Å²) in [5, 5.41) is 15.7. The minimum absolute atomic E-state index is 0.122. The standard InChI is InChI=1S/C11H7ClF3N3O2/c1-5-9(10(19)20)16-17-18(5)8-3-2-6(4-7(8)12)11(13,14)15/h2-4H,1H3,(H,19,20). The lowest BCUT2D eigenvalue weighted by Gasteiger charge is -2.10. The van der Waals surface area contributed by atoms with Crippen LogP contribution in [0.25, 0.3) is 5.69 Å². The minimum atomic E-state index is -4.51. The van der Waals surface area contributed by atoms with Gasteiger partial charge in [0, 0.05) is 0 Å². The molecule has 0 amide bonds. The van der Waals surface area contributed by atoms with E-state index in [0.717, 1.165) is 22.9 Å². The van der Waals surface area contributed by atoms with Gasteiger partial charge in [-0.2, -0.15) is 13.2 Å². The number of carbonyl (C=O) groups is 1. The van der Waals surface area contributed by atoms with Gasteiger partial charge >= 0.3 is 12.1 Å². The third kappa shape index (κ3) is 2.46. The Balaban J connectivity index is 2.52. The zero-order valence-corrected chi connectivity index (χ0v) is 10.7. The maximum Gasteiger partial charge on any atom is 0.416 e. The summed E-state index contributed by atoms with van der Waals surface area (Å²) in [6.45, 7) is 1.43. The van der Waals surface area contributed by atoms with Gasteiger partial charge in [-0.25, -0.2) is 9.48 Å². The number of carboxylic acids is 1. The molecule has 0 spiro atoms. The smallest absolute Gasteiger partial charge is 0.416 e. The van der Waals surface area contributed by atoms with Gasteiger partial charge in [-0.3, -0.25) is 0 Å². The Bertz CT molecular complexity index is 682. The summed E-state index contributed by atoms with van der Waals surface area (Å²) in [6.07, 6.45) is -4.51. The van der Waals surface area contributed by atoms with Gasteiger partial charge in [0.25, 0.3) is 0 Å². The molecule has 2 aromatic rings. The summed E-state index contributed by atoms with van der Waals surface area (Å²) < 4.78 is 38.6. The summed E-state index contributed by atoms with van der Waals surface area (Å²) in [4.78, 5) is 10.8. The van der Waals surface area contributed by atoms with Gasteiger partial charge in [-0.1, -0.05) is 16.8 Å². The first-order valence-electron chi connectivity index (χ1n) is 5.24. The molecule has 0 bridgehead atoms. The fraction of sp³-hybridized carbons (Fsp3) is 0.182. The second-order valence-electron chi connectivity index (χ2n) is 3.90. The van der Waals surface area contributed by atoms with Gasteiger partial charge in [-0.05, 0) is 25.1 Å². The van der Waals surface area contributed by atoms with Crippen LogP contribution >= 0.6 is 11.6 Å². The number of halogens is 4. The number of alkyl halides is 3. The van der Waals surface area contributed by atoms with E-state index in [-0.39, 0.29) is 22.1 Å². The Kier molecular flexibility index (Phi) is 3.43. The molecule has 0 saturated heterocycles. The van der Waals surface area contributed by atoms with E-state index in [1.807, 2.05) is 0 Å². The van der Waals surface area contributed by atoms with Crippen molar-refractivity contribution in [3.05, 3.63) is 40.2 Å². The fourth-order valence-electron chi connectivity index (χ4n) is 1.61. The zero-order valence-electron chi connectivity index (χ0n) is 9.94. The Morgan fingerprint density at radius 3 is 2.50 bits per heavy atom. The highest BCUT2D eigenvalue weighted by atomic mass is 35.5. The third-order valence-electron chi connectivity index (χ3n) is 2.60. The van der Waals surface area contributed by atoms with Crippen LogP contribution in [0.15, 0.2) is 18.2 Å². The molecule has 1 aromatic carbocycles. The number of aromatic carboxylic acids is 1. The summed E-state index contributed by atoms with van der Waals surface area (Å²) in [7, 11) is 0. The van der Waals surface area contributed by atoms with Gasteiger partial charge < -0.3 is 5.11 Å². The first-order valence-corrected chi connectivity index (χ1v) is 5.62. The van der Waals surface area contributed by atoms with E-state index in [1.165, 1.54) is 6.92 Å². The van der Waals surface area contributed by atoms with Crippen LogP contribution in [-0.2, 0) is 6.18 Å². The van der Waals surface area contributed by atoms with Crippen molar-refractivity contribution in [1.29, 1.82) is 0 Å². The van der Waals surface area contributed by atoms with Crippen LogP contribution in [0.4, 0.5) is 13.2 Å². The molecule has 0 radical (unpaired) electrons. The van der Waals surface area contributed by atoms with E-state index in [0.29, 0.717) is 0 Å². The summed E-state index contributed by atoms with van der Waals surface area (Å²) >= 11 is 5.79. The highest BCUT2D eigenvalue weighted by Gasteiger charge is 2.31. The van der Waals surface area contributed by atoms with Crippen molar-refractivity contribution >= 4 is 17.6 Å². The lowest BCUT2D eigenvalue weighted by Crippen LogP contribution is -2.07. The highest BCUT2D eigenvalue weighted by Crippen LogP contribution is 2.33. The van der Waals surface area contributed by atoms with Crippen LogP contribution in [0.1, 0.15) is 21.7 Å². The topological polar surface area (TPSA) is 68.0 Å². The number of rotatable bonds is 2. The van der Waals surface area contributed by atoms with Crippen LogP contribution in [-0.4, -0.2) is 26.1 Å². The number of aromatic nitrogens is 3. The van der Waals surface area contributed by atoms with Crippen molar-refractivity contribution < 1.29 is 23.1 Å². The normalized spacial score (nSPS) is 11.7. The summed E-state index contributed by atoms with van der Waals surface area (Å²) in [5.41, 5.74) is -0.903. The van der Waals surface area contributed by atoms with Crippen LogP contribution in [0.5, 0.6) is 0 Å². The zero-order chi connectivity index (χ0) is 15.1. The van der Waals surface area contributed by atoms with Crippen LogP contribution in [0, 0.1) is 6.92 Å². The Morgan fingerprint density at radius 2 is 2.05 bits per heavy atom. The molecule has 0 aliphatic carbocycles. The second kappa shape index (κ2) is 4.78. The third-order valence-corrected chi connectivity index (χ3v) is 2.90. The van der Waals surface area contributed by atoms with E-state index in [1.54, 1.807) is 0 Å². The number of carboxylic acid groups (broad SMARTS) is 1. The van der Waals surface area contributed by atoms with Gasteiger partial charge in [0.1, 0.15) is 0 Å². The van der Waals surface area contributed by atoms with Crippen molar-refractivity contribution in [2.75, 3.05) is 0 Å². The molecule has 2 rings (SSSR count). The average molecular weight is 306 g/mol. The predicted molar refractivity (Wildman–Crippen MR) is 63.1 cm³/mol. The lowest BCUT2D eigenvalue weighted by molar-refractivity contribution is -0.137. The Labute approximate surface area is 115 Å². The average Bonchev–Trinajstić information content (AvgIpc) is 2.70. The van der Waals surface area contributed by atoms with Crippen LogP contribution < -0.4 is 0 Å². The maximum atomic E-state index is 12.5. The molecule has 20 heavy (non-hydrogen) atoms. The summed E-state index contributed by atoms with van der Waals surface area (Å²) in [5.74, 6) is -1.28. The number of nitrogens with zero attached hydrogens (tertiary/aromatic N) is 3. The number of benzene rings is 1. The molecular weight excluding hydrogens is 299 g/mol. The van der Waals surface area contributed by atoms with E-state index in [2.05, 4.69) is 10.3 Å². The van der Waals surface area contributed by atoms with Crippen molar-refractivity contribution in [2.45, 2.75) is 13.1 Å². The Hall–Kier alpha value is -2.09. The molecule has 0 unspecified atom stereocenters. The van der Waals surface area contributed by atoms with Crippen LogP contribution in [0.3, 0.4) is 0 Å². The highest BCUT2D eigenvalue weighted by molar-refractivity contribution is 6.32. The molecule has 9 heteroatoms. The van der Waals surface area contributed by atoms with E-state index in [9.17, 15) is 18.0 Å². The van der Waals surface area contributed by atoms with Crippen molar-refractivity contribution in [3.63, 3.8) is 0 Å². The molecule has 5 nitrogen and oxygen atoms in total. The fourth-order valence-corrected chi connectivity index (χ4v) is 1.87. The molecule has 1 heterocycles. The molecule has 0 saturated carbocycles. The first kappa shape index (κ1) is 14.3. The second-order valence-corrected chi connectivity index (χ2v) is 4.31. The summed E-state index contributed by atoms with van der Waals surface area (Å²) in [6, 6.07) is 2.69. The van der Waals surface area contributed by atoms with Crippen molar-refractivity contribution in [1.82, 2.24) is 15.0 Å². The quantitative estimate of drug-likeness (QED) is 0.926. The number of hydrogen-bond acceptors (Lipinski definition) is 3. The SMILES string of the molecule is Cc1c(C(=O)O)nnn1-c1ccc(C(F)(F)F)cc1Cl. The monoisotopic (exact) mass is 305 g/mol. The molecule has 0 aliphatic rings. The van der Waals surface area contributed by atoms with Gasteiger partial charge in [0.15, 0.2) is 5.69 Å². The molecule has 106 valence electrons. The van der Waals surface area contributed by atoms with Gasteiger partial charge in [0.2, 0.25) is 0 Å². The number of hydrogen-bond donors (Lipinski definition) is 1. The van der Waals surface area contributed by atoms with Crippen LogP contribution in [0.2, 0.25) is 5.02 Å². The van der Waals surface area contributed by atoms with Gasteiger partial charge in [0.05, 0.1) is 22.0 Å². The molecule has 1 N–H and O–H groups in total. The Morgan fingerprint density at radius 1 is 1.40 bits per heavy atom. The molecule has 1 aromatic heterocycles. The predicted octanol–water partition coefficient (Wildman–Crippen LogP) is 2.95. The molecule has 0 fully saturated rings. The van der Waals surface area contributed by atoms with Crippen molar-refractivity contribution in [3.8, 4) is 5.69 Å². The van der Waals surface area contributed by atoms with E-state index in [4.69, 9.17) is 16.7 Å². The largest absolute Gasteiger partial charge is 0.476 e. The maximum absolute atomic E-state index is 12.5. The minimum Gasteiger partial charge on any atom is -0.476 e. The lowest BCUT2D eigenvalue weighted by atomic mass is 10.2.